The second-order valence-electron chi connectivity index (χ2n) is 5.22. The molecule has 0 bridgehead atoms. The van der Waals surface area contributed by atoms with Gasteiger partial charge < -0.3 is 10.1 Å². The van der Waals surface area contributed by atoms with Gasteiger partial charge in [-0.2, -0.15) is 0 Å². The summed E-state index contributed by atoms with van der Waals surface area (Å²) in [7, 11) is 0. The number of nitrogens with zero attached hydrogens (tertiary/aromatic N) is 2. The zero-order chi connectivity index (χ0) is 14.0. The third-order valence-electron chi connectivity index (χ3n) is 3.08. The van der Waals surface area contributed by atoms with Gasteiger partial charge in [-0.1, -0.05) is 0 Å². The number of nitro groups is 1. The molecule has 2 heterocycles. The van der Waals surface area contributed by atoms with E-state index in [1.54, 1.807) is 0 Å². The fourth-order valence-electron chi connectivity index (χ4n) is 2.18. The predicted molar refractivity (Wildman–Crippen MR) is 75.3 cm³/mol. The maximum Gasteiger partial charge on any atom is 0.288 e. The first-order valence-corrected chi connectivity index (χ1v) is 6.87. The van der Waals surface area contributed by atoms with Gasteiger partial charge in [-0.05, 0) is 42.6 Å². The van der Waals surface area contributed by atoms with Crippen LogP contribution in [0.15, 0.2) is 16.7 Å². The average Bonchev–Trinajstić information content (AvgIpc) is 2.30. The zero-order valence-corrected chi connectivity index (χ0v) is 12.4. The summed E-state index contributed by atoms with van der Waals surface area (Å²) in [5.74, 6) is 0.633. The molecular formula is C12H16BrN3O3. The van der Waals surface area contributed by atoms with Crippen LogP contribution in [0.25, 0.3) is 0 Å². The maximum atomic E-state index is 10.6. The second kappa shape index (κ2) is 5.42. The summed E-state index contributed by atoms with van der Waals surface area (Å²) in [6.45, 7) is 4.81. The Hall–Kier alpha value is -1.21. The highest BCUT2D eigenvalue weighted by molar-refractivity contribution is 9.10. The molecule has 0 aliphatic carbocycles. The van der Waals surface area contributed by atoms with E-state index in [4.69, 9.17) is 4.74 Å². The Labute approximate surface area is 119 Å². The van der Waals surface area contributed by atoms with Crippen LogP contribution in [0.4, 0.5) is 11.5 Å². The number of hydrogen-bond donors (Lipinski definition) is 1. The molecule has 1 unspecified atom stereocenters. The van der Waals surface area contributed by atoms with Gasteiger partial charge >= 0.3 is 0 Å². The molecule has 0 radical (unpaired) electrons. The lowest BCUT2D eigenvalue weighted by Crippen LogP contribution is -2.40. The van der Waals surface area contributed by atoms with E-state index < -0.39 is 4.92 Å². The lowest BCUT2D eigenvalue weighted by molar-refractivity contribution is -0.385. The Kier molecular flexibility index (Phi) is 4.05. The van der Waals surface area contributed by atoms with E-state index in [1.165, 1.54) is 12.3 Å². The number of anilines is 1. The molecule has 1 atom stereocenters. The molecule has 1 saturated heterocycles. The van der Waals surface area contributed by atoms with Gasteiger partial charge in [0.15, 0.2) is 0 Å². The van der Waals surface area contributed by atoms with Crippen LogP contribution < -0.4 is 5.32 Å². The number of aromatic nitrogens is 1. The summed E-state index contributed by atoms with van der Waals surface area (Å²) in [4.78, 5) is 14.3. The molecule has 1 N–H and O–H groups in total. The number of pyridine rings is 1. The number of halogens is 1. The topological polar surface area (TPSA) is 77.3 Å². The number of ether oxygens (including phenoxy) is 1. The molecule has 1 aliphatic rings. The molecule has 19 heavy (non-hydrogen) atoms. The van der Waals surface area contributed by atoms with Crippen LogP contribution in [-0.2, 0) is 4.74 Å². The first-order valence-electron chi connectivity index (χ1n) is 6.08. The van der Waals surface area contributed by atoms with Crippen molar-refractivity contribution < 1.29 is 9.66 Å². The van der Waals surface area contributed by atoms with E-state index in [0.29, 0.717) is 16.9 Å². The van der Waals surface area contributed by atoms with Crippen molar-refractivity contribution in [2.75, 3.05) is 11.9 Å². The largest absolute Gasteiger partial charge is 0.375 e. The fraction of sp³-hybridized carbons (Fsp3) is 0.583. The lowest BCUT2D eigenvalue weighted by Gasteiger charge is -2.36. The van der Waals surface area contributed by atoms with Crippen LogP contribution in [0.3, 0.4) is 0 Å². The summed E-state index contributed by atoms with van der Waals surface area (Å²) in [5.41, 5.74) is -0.173. The second-order valence-corrected chi connectivity index (χ2v) is 6.08. The van der Waals surface area contributed by atoms with E-state index in [1.807, 2.05) is 0 Å². The third kappa shape index (κ3) is 3.63. The van der Waals surface area contributed by atoms with Crippen molar-refractivity contribution in [3.63, 3.8) is 0 Å². The molecule has 0 saturated carbocycles. The van der Waals surface area contributed by atoms with Crippen molar-refractivity contribution >= 4 is 27.4 Å². The summed E-state index contributed by atoms with van der Waals surface area (Å²) >= 11 is 3.31. The number of rotatable bonds is 3. The first kappa shape index (κ1) is 14.2. The fourth-order valence-corrected chi connectivity index (χ4v) is 2.63. The number of hydrogen-bond acceptors (Lipinski definition) is 5. The summed E-state index contributed by atoms with van der Waals surface area (Å²) in [6.07, 6.45) is 3.03. The Morgan fingerprint density at radius 1 is 1.63 bits per heavy atom. The zero-order valence-electron chi connectivity index (χ0n) is 10.9. The van der Waals surface area contributed by atoms with Crippen molar-refractivity contribution in [3.8, 4) is 0 Å². The van der Waals surface area contributed by atoms with Crippen LogP contribution >= 0.6 is 15.9 Å². The molecule has 6 nitrogen and oxygen atoms in total. The van der Waals surface area contributed by atoms with Gasteiger partial charge in [-0.25, -0.2) is 4.98 Å². The minimum absolute atomic E-state index is 0.0234. The summed E-state index contributed by atoms with van der Waals surface area (Å²) < 4.78 is 6.26. The average molecular weight is 330 g/mol. The van der Waals surface area contributed by atoms with Gasteiger partial charge in [0.2, 0.25) is 0 Å². The van der Waals surface area contributed by atoms with Crippen molar-refractivity contribution in [1.29, 1.82) is 0 Å². The Morgan fingerprint density at radius 2 is 2.37 bits per heavy atom. The minimum atomic E-state index is -0.459. The van der Waals surface area contributed by atoms with E-state index >= 15 is 0 Å². The van der Waals surface area contributed by atoms with Crippen LogP contribution in [0, 0.1) is 10.1 Å². The van der Waals surface area contributed by atoms with Gasteiger partial charge in [-0.3, -0.25) is 10.1 Å². The lowest BCUT2D eigenvalue weighted by atomic mass is 9.94. The molecule has 0 amide bonds. The predicted octanol–water partition coefficient (Wildman–Crippen LogP) is 3.12. The van der Waals surface area contributed by atoms with Gasteiger partial charge in [0.05, 0.1) is 15.0 Å². The quantitative estimate of drug-likeness (QED) is 0.680. The van der Waals surface area contributed by atoms with Gasteiger partial charge in [0.25, 0.3) is 5.69 Å². The molecule has 7 heteroatoms. The molecule has 2 rings (SSSR count). The van der Waals surface area contributed by atoms with E-state index in [9.17, 15) is 10.1 Å². The Balaban J connectivity index is 2.09. The highest BCUT2D eigenvalue weighted by atomic mass is 79.9. The molecule has 1 aliphatic heterocycles. The minimum Gasteiger partial charge on any atom is -0.375 e. The molecule has 1 fully saturated rings. The van der Waals surface area contributed by atoms with Crippen molar-refractivity contribution in [1.82, 2.24) is 4.98 Å². The molecule has 0 aromatic carbocycles. The van der Waals surface area contributed by atoms with Crippen molar-refractivity contribution in [2.24, 2.45) is 0 Å². The molecule has 1 aromatic rings. The highest BCUT2D eigenvalue weighted by Crippen LogP contribution is 2.29. The summed E-state index contributed by atoms with van der Waals surface area (Å²) in [6, 6.07) is 1.72. The van der Waals surface area contributed by atoms with E-state index in [2.05, 4.69) is 40.1 Å². The normalized spacial score (nSPS) is 21.9. The molecular weight excluding hydrogens is 314 g/mol. The Morgan fingerprint density at radius 3 is 2.95 bits per heavy atom. The van der Waals surface area contributed by atoms with Crippen molar-refractivity contribution in [3.05, 3.63) is 26.9 Å². The van der Waals surface area contributed by atoms with E-state index in [0.717, 1.165) is 12.8 Å². The van der Waals surface area contributed by atoms with Crippen LogP contribution in [-0.4, -0.2) is 28.2 Å². The number of nitrogens with one attached hydrogen (secondary N) is 1. The van der Waals surface area contributed by atoms with E-state index in [-0.39, 0.29) is 17.3 Å². The third-order valence-corrected chi connectivity index (χ3v) is 3.68. The molecule has 104 valence electrons. The smallest absolute Gasteiger partial charge is 0.288 e. The van der Waals surface area contributed by atoms with Crippen LogP contribution in [0.5, 0.6) is 0 Å². The Bertz CT molecular complexity index is 493. The highest BCUT2D eigenvalue weighted by Gasteiger charge is 2.29. The van der Waals surface area contributed by atoms with Gasteiger partial charge in [0, 0.05) is 18.7 Å². The van der Waals surface area contributed by atoms with Crippen LogP contribution in [0.1, 0.15) is 26.7 Å². The first-order chi connectivity index (χ1) is 8.87. The standard InChI is InChI=1S/C12H16BrN3O3/c1-12(2)6-8(3-4-19-12)15-11-10(13)5-9(7-14-11)16(17)18/h5,7-8H,3-4,6H2,1-2H3,(H,14,15). The van der Waals surface area contributed by atoms with Gasteiger partial charge in [-0.15, -0.1) is 0 Å². The SMILES string of the molecule is CC1(C)CC(Nc2ncc([N+](=O)[O-])cc2Br)CCO1. The van der Waals surface area contributed by atoms with Gasteiger partial charge in [0.1, 0.15) is 12.0 Å². The summed E-state index contributed by atoms with van der Waals surface area (Å²) in [5, 5.41) is 14.0. The maximum absolute atomic E-state index is 10.6. The monoisotopic (exact) mass is 329 g/mol. The molecule has 0 spiro atoms. The van der Waals surface area contributed by atoms with Crippen molar-refractivity contribution in [2.45, 2.75) is 38.3 Å². The molecule has 1 aromatic heterocycles. The van der Waals surface area contributed by atoms with Crippen LogP contribution in [0.2, 0.25) is 0 Å².